The highest BCUT2D eigenvalue weighted by atomic mass is 32.2. The minimum absolute atomic E-state index is 0.00882. The number of carbonyl (C=O) groups is 2. The summed E-state index contributed by atoms with van der Waals surface area (Å²) in [6.45, 7) is 5.67. The molecule has 0 fully saturated rings. The van der Waals surface area contributed by atoms with Gasteiger partial charge in [0.2, 0.25) is 10.0 Å². The number of hydrogen-bond donors (Lipinski definition) is 2. The molecule has 1 aliphatic heterocycles. The molecule has 2 N–H and O–H groups in total. The number of halogens is 2. The number of carbonyl (C=O) groups excluding carboxylic acids is 2. The Morgan fingerprint density at radius 1 is 1.06 bits per heavy atom. The van der Waals surface area contributed by atoms with Crippen molar-refractivity contribution in [3.05, 3.63) is 64.9 Å². The zero-order chi connectivity index (χ0) is 36.6. The quantitative estimate of drug-likeness (QED) is 0.209. The van der Waals surface area contributed by atoms with E-state index in [2.05, 4.69) is 25.5 Å². The van der Waals surface area contributed by atoms with Crippen LogP contribution in [-0.2, 0) is 37.2 Å². The van der Waals surface area contributed by atoms with Gasteiger partial charge in [0.05, 0.1) is 29.4 Å². The van der Waals surface area contributed by atoms with E-state index in [0.29, 0.717) is 30.7 Å². The molecule has 0 saturated carbocycles. The third-order valence-electron chi connectivity index (χ3n) is 7.95. The molecule has 17 heteroatoms. The van der Waals surface area contributed by atoms with Gasteiger partial charge in [-0.2, -0.15) is 8.99 Å². The summed E-state index contributed by atoms with van der Waals surface area (Å²) >= 11 is 0. The molecule has 1 aromatic heterocycles. The Morgan fingerprint density at radius 3 is 2.44 bits per heavy atom. The van der Waals surface area contributed by atoms with Gasteiger partial charge in [-0.25, -0.2) is 22.0 Å². The standard InChI is InChI=1S/C33H45F2N7O7S/c1-7-48-14-15-49-33(44)42-30-10-11-41(50(45,46)26-17-23(34)16-24(35)18-26)20-28(30)31(38-42)37-32(43)27-9-8-25(40(5)13-12-39(3)4)19-29(27)36-22(2)21-47-6/h8-9,16-19,22,36H,7,10-15,20-21H2,1-6H3,(H,37,38,43). The molecular weight excluding hydrogens is 676 g/mol. The smallest absolute Gasteiger partial charge is 0.435 e. The Kier molecular flexibility index (Phi) is 13.3. The molecule has 1 aliphatic rings. The van der Waals surface area contributed by atoms with Gasteiger partial charge >= 0.3 is 6.09 Å². The summed E-state index contributed by atoms with van der Waals surface area (Å²) in [7, 11) is 3.11. The second-order valence-corrected chi connectivity index (χ2v) is 14.0. The van der Waals surface area contributed by atoms with Crippen LogP contribution in [0, 0.1) is 11.6 Å². The van der Waals surface area contributed by atoms with Crippen molar-refractivity contribution in [3.8, 4) is 0 Å². The number of nitrogens with one attached hydrogen (secondary N) is 2. The van der Waals surface area contributed by atoms with E-state index >= 15 is 0 Å². The van der Waals surface area contributed by atoms with Crippen molar-refractivity contribution in [1.82, 2.24) is 19.0 Å². The molecule has 4 rings (SSSR count). The number of rotatable bonds is 16. The zero-order valence-corrected chi connectivity index (χ0v) is 30.0. The van der Waals surface area contributed by atoms with Crippen molar-refractivity contribution in [2.24, 2.45) is 0 Å². The minimum atomic E-state index is -4.39. The van der Waals surface area contributed by atoms with Crippen molar-refractivity contribution in [3.63, 3.8) is 0 Å². The van der Waals surface area contributed by atoms with Crippen LogP contribution in [0.2, 0.25) is 0 Å². The van der Waals surface area contributed by atoms with Crippen LogP contribution in [0.1, 0.15) is 35.5 Å². The average molecular weight is 722 g/mol. The maximum atomic E-state index is 14.0. The van der Waals surface area contributed by atoms with Gasteiger partial charge in [0.15, 0.2) is 5.82 Å². The third kappa shape index (κ3) is 9.54. The first kappa shape index (κ1) is 38.6. The Bertz CT molecular complexity index is 1750. The number of benzene rings is 2. The number of sulfonamides is 1. The molecular formula is C33H45F2N7O7S. The SMILES string of the molecule is CCOCCOC(=O)n1nc(NC(=O)c2ccc(N(C)CCN(C)C)cc2NC(C)COC)c2c1CCN(S(=O)(=O)c1cc(F)cc(F)c1)C2. The minimum Gasteiger partial charge on any atom is -0.445 e. The summed E-state index contributed by atoms with van der Waals surface area (Å²) in [5.74, 6) is -2.74. The molecule has 14 nitrogen and oxygen atoms in total. The lowest BCUT2D eigenvalue weighted by molar-refractivity contribution is 0.0777. The fourth-order valence-corrected chi connectivity index (χ4v) is 6.82. The lowest BCUT2D eigenvalue weighted by Gasteiger charge is -2.27. The first-order valence-electron chi connectivity index (χ1n) is 16.1. The van der Waals surface area contributed by atoms with Crippen LogP contribution < -0.4 is 15.5 Å². The molecule has 3 aromatic rings. The number of hydrogen-bond acceptors (Lipinski definition) is 11. The molecule has 0 aliphatic carbocycles. The van der Waals surface area contributed by atoms with E-state index in [-0.39, 0.29) is 55.7 Å². The summed E-state index contributed by atoms with van der Waals surface area (Å²) < 4.78 is 72.9. The Hall–Kier alpha value is -4.16. The topological polar surface area (TPSA) is 148 Å². The highest BCUT2D eigenvalue weighted by Crippen LogP contribution is 2.32. The predicted molar refractivity (Wildman–Crippen MR) is 184 cm³/mol. The van der Waals surface area contributed by atoms with Crippen molar-refractivity contribution in [1.29, 1.82) is 0 Å². The molecule has 0 radical (unpaired) electrons. The van der Waals surface area contributed by atoms with Gasteiger partial charge in [0, 0.05) is 82.4 Å². The van der Waals surface area contributed by atoms with E-state index in [1.165, 1.54) is 0 Å². The molecule has 1 unspecified atom stereocenters. The van der Waals surface area contributed by atoms with Gasteiger partial charge in [0.1, 0.15) is 18.2 Å². The third-order valence-corrected chi connectivity index (χ3v) is 9.77. The number of aromatic nitrogens is 2. The Balaban J connectivity index is 1.70. The predicted octanol–water partition coefficient (Wildman–Crippen LogP) is 3.63. The highest BCUT2D eigenvalue weighted by molar-refractivity contribution is 7.89. The van der Waals surface area contributed by atoms with Crippen molar-refractivity contribution in [2.75, 3.05) is 89.8 Å². The van der Waals surface area contributed by atoms with Crippen LogP contribution >= 0.6 is 0 Å². The summed E-state index contributed by atoms with van der Waals surface area (Å²) in [6, 6.07) is 7.21. The van der Waals surface area contributed by atoms with Crippen LogP contribution in [0.5, 0.6) is 0 Å². The van der Waals surface area contributed by atoms with Crippen LogP contribution in [0.4, 0.5) is 30.8 Å². The van der Waals surface area contributed by atoms with Gasteiger partial charge in [-0.05, 0) is 58.3 Å². The summed E-state index contributed by atoms with van der Waals surface area (Å²) in [5, 5.41) is 10.4. The number of anilines is 3. The lowest BCUT2D eigenvalue weighted by Crippen LogP contribution is -2.37. The van der Waals surface area contributed by atoms with Gasteiger partial charge in [0.25, 0.3) is 5.91 Å². The molecule has 1 atom stereocenters. The normalized spacial score (nSPS) is 13.9. The lowest BCUT2D eigenvalue weighted by atomic mass is 10.1. The molecule has 0 spiro atoms. The molecule has 274 valence electrons. The maximum Gasteiger partial charge on any atom is 0.435 e. The molecule has 1 amide bonds. The number of methoxy groups -OCH3 is 1. The highest BCUT2D eigenvalue weighted by Gasteiger charge is 2.35. The van der Waals surface area contributed by atoms with Gasteiger partial charge in [-0.1, -0.05) is 0 Å². The van der Waals surface area contributed by atoms with Crippen LogP contribution in [0.3, 0.4) is 0 Å². The van der Waals surface area contributed by atoms with E-state index in [4.69, 9.17) is 14.2 Å². The molecule has 50 heavy (non-hydrogen) atoms. The fourth-order valence-electron chi connectivity index (χ4n) is 5.37. The van der Waals surface area contributed by atoms with E-state index in [9.17, 15) is 26.8 Å². The molecule has 2 heterocycles. The second-order valence-electron chi connectivity index (χ2n) is 12.1. The van der Waals surface area contributed by atoms with Crippen LogP contribution in [0.25, 0.3) is 0 Å². The van der Waals surface area contributed by atoms with E-state index in [1.807, 2.05) is 40.2 Å². The first-order chi connectivity index (χ1) is 23.7. The summed E-state index contributed by atoms with van der Waals surface area (Å²) in [6.07, 6.45) is -0.851. The maximum absolute atomic E-state index is 14.0. The number of nitrogens with zero attached hydrogens (tertiary/aromatic N) is 5. The second kappa shape index (κ2) is 17.2. The van der Waals surface area contributed by atoms with Crippen LogP contribution in [0.15, 0.2) is 41.3 Å². The van der Waals surface area contributed by atoms with E-state index in [0.717, 1.165) is 39.9 Å². The van der Waals surface area contributed by atoms with Crippen molar-refractivity contribution < 1.29 is 41.0 Å². The number of fused-ring (bicyclic) bond motifs is 1. The summed E-state index contributed by atoms with van der Waals surface area (Å²) in [5.41, 5.74) is 2.19. The number of amides is 1. The molecule has 2 aromatic carbocycles. The largest absolute Gasteiger partial charge is 0.445 e. The fraction of sp³-hybridized carbons (Fsp3) is 0.485. The van der Waals surface area contributed by atoms with Gasteiger partial charge in [-0.3, -0.25) is 4.79 Å². The first-order valence-corrected chi connectivity index (χ1v) is 17.6. The number of ether oxygens (including phenoxy) is 3. The van der Waals surface area contributed by atoms with Gasteiger partial charge in [-0.15, -0.1) is 5.10 Å². The van der Waals surface area contributed by atoms with Crippen LogP contribution in [-0.4, -0.2) is 120 Å². The average Bonchev–Trinajstić information content (AvgIpc) is 3.42. The monoisotopic (exact) mass is 721 g/mol. The number of likely N-dealkylation sites (N-methyl/N-ethyl adjacent to an activating group) is 2. The molecule has 0 saturated heterocycles. The Labute approximate surface area is 291 Å². The Morgan fingerprint density at radius 2 is 1.78 bits per heavy atom. The molecule has 0 bridgehead atoms. The van der Waals surface area contributed by atoms with Crippen molar-refractivity contribution in [2.45, 2.75) is 37.8 Å². The van der Waals surface area contributed by atoms with E-state index in [1.54, 1.807) is 20.1 Å². The van der Waals surface area contributed by atoms with Gasteiger partial charge < -0.3 is 34.6 Å². The van der Waals surface area contributed by atoms with Crippen molar-refractivity contribution >= 4 is 39.2 Å². The van der Waals surface area contributed by atoms with E-state index < -0.39 is 38.6 Å². The zero-order valence-electron chi connectivity index (χ0n) is 29.2. The summed E-state index contributed by atoms with van der Waals surface area (Å²) in [4.78, 5) is 30.6.